The molecule has 100 valence electrons. The van der Waals surface area contributed by atoms with Gasteiger partial charge in [0.15, 0.2) is 0 Å². The fraction of sp³-hybridized carbons (Fsp3) is 0.929. The molecule has 0 aliphatic heterocycles. The predicted molar refractivity (Wildman–Crippen MR) is 69.9 cm³/mol. The highest BCUT2D eigenvalue weighted by Crippen LogP contribution is 2.37. The molecule has 0 heterocycles. The lowest BCUT2D eigenvalue weighted by molar-refractivity contribution is -0.128. The molecule has 0 radical (unpaired) electrons. The van der Waals surface area contributed by atoms with E-state index in [0.29, 0.717) is 11.8 Å². The van der Waals surface area contributed by atoms with Crippen LogP contribution in [0.5, 0.6) is 0 Å². The van der Waals surface area contributed by atoms with Crippen LogP contribution in [0.1, 0.15) is 47.0 Å². The molecule has 17 heavy (non-hydrogen) atoms. The van der Waals surface area contributed by atoms with Crippen LogP contribution in [-0.4, -0.2) is 41.5 Å². The van der Waals surface area contributed by atoms with Crippen molar-refractivity contribution >= 4 is 5.78 Å². The van der Waals surface area contributed by atoms with Gasteiger partial charge >= 0.3 is 0 Å². The highest BCUT2D eigenvalue weighted by molar-refractivity contribution is 5.88. The van der Waals surface area contributed by atoms with Gasteiger partial charge in [0.25, 0.3) is 0 Å². The van der Waals surface area contributed by atoms with Crippen molar-refractivity contribution in [2.24, 2.45) is 11.3 Å². The zero-order valence-corrected chi connectivity index (χ0v) is 11.7. The summed E-state index contributed by atoms with van der Waals surface area (Å²) in [6.45, 7) is 10.4. The van der Waals surface area contributed by atoms with Crippen LogP contribution in [0.4, 0.5) is 0 Å². The van der Waals surface area contributed by atoms with Crippen molar-refractivity contribution < 1.29 is 9.90 Å². The molecule has 1 atom stereocenters. The summed E-state index contributed by atoms with van der Waals surface area (Å²) in [6.07, 6.45) is 2.83. The number of nitrogens with zero attached hydrogens (tertiary/aromatic N) is 1. The predicted octanol–water partition coefficient (Wildman–Crippen LogP) is 2.08. The third kappa shape index (κ3) is 3.78. The Morgan fingerprint density at radius 2 is 2.12 bits per heavy atom. The van der Waals surface area contributed by atoms with Gasteiger partial charge in [-0.3, -0.25) is 4.79 Å². The van der Waals surface area contributed by atoms with Crippen LogP contribution in [0.2, 0.25) is 0 Å². The molecule has 0 spiro atoms. The molecule has 0 amide bonds. The first-order chi connectivity index (χ1) is 7.88. The van der Waals surface area contributed by atoms with Crippen LogP contribution in [-0.2, 0) is 4.79 Å². The quantitative estimate of drug-likeness (QED) is 0.774. The van der Waals surface area contributed by atoms with Crippen molar-refractivity contribution in [3.63, 3.8) is 0 Å². The Labute approximate surface area is 105 Å². The van der Waals surface area contributed by atoms with Crippen LogP contribution in [0.25, 0.3) is 0 Å². The maximum atomic E-state index is 12.2. The van der Waals surface area contributed by atoms with Crippen LogP contribution >= 0.6 is 0 Å². The Kier molecular flexibility index (Phi) is 5.14. The van der Waals surface area contributed by atoms with Crippen LogP contribution in [0.3, 0.4) is 0 Å². The van der Waals surface area contributed by atoms with E-state index in [-0.39, 0.29) is 17.9 Å². The van der Waals surface area contributed by atoms with E-state index < -0.39 is 0 Å². The van der Waals surface area contributed by atoms with Gasteiger partial charge in [0, 0.05) is 37.1 Å². The van der Waals surface area contributed by atoms with Gasteiger partial charge in [-0.2, -0.15) is 0 Å². The second-order valence-corrected chi connectivity index (χ2v) is 6.15. The minimum Gasteiger partial charge on any atom is -0.396 e. The minimum atomic E-state index is -0.121. The molecule has 1 aliphatic rings. The summed E-state index contributed by atoms with van der Waals surface area (Å²) in [6, 6.07) is 0.443. The monoisotopic (exact) mass is 241 g/mol. The molecule has 1 saturated carbocycles. The van der Waals surface area contributed by atoms with Crippen molar-refractivity contribution in [3.05, 3.63) is 0 Å². The Balaban J connectivity index is 2.54. The van der Waals surface area contributed by atoms with Gasteiger partial charge in [-0.15, -0.1) is 0 Å². The number of carbonyl (C=O) groups excluding carboxylic acids is 1. The summed E-state index contributed by atoms with van der Waals surface area (Å²) in [5, 5.41) is 8.90. The van der Waals surface area contributed by atoms with Gasteiger partial charge < -0.3 is 10.0 Å². The minimum absolute atomic E-state index is 0.121. The summed E-state index contributed by atoms with van der Waals surface area (Å²) < 4.78 is 0. The van der Waals surface area contributed by atoms with E-state index in [2.05, 4.69) is 32.6 Å². The Morgan fingerprint density at radius 3 is 2.53 bits per heavy atom. The summed E-state index contributed by atoms with van der Waals surface area (Å²) in [7, 11) is 0. The molecule has 3 heteroatoms. The first kappa shape index (κ1) is 14.7. The zero-order chi connectivity index (χ0) is 13.1. The molecular formula is C14H27NO2. The Bertz CT molecular complexity index is 261. The van der Waals surface area contributed by atoms with E-state index in [1.165, 1.54) is 0 Å². The van der Waals surface area contributed by atoms with Crippen molar-refractivity contribution in [1.82, 2.24) is 4.90 Å². The highest BCUT2D eigenvalue weighted by Gasteiger charge is 2.40. The molecule has 1 fully saturated rings. The molecule has 0 saturated heterocycles. The summed E-state index contributed by atoms with van der Waals surface area (Å²) in [4.78, 5) is 14.5. The molecule has 1 rings (SSSR count). The largest absolute Gasteiger partial charge is 0.396 e. The second-order valence-electron chi connectivity index (χ2n) is 6.15. The molecule has 1 unspecified atom stereocenters. The molecule has 1 aliphatic carbocycles. The van der Waals surface area contributed by atoms with Gasteiger partial charge in [-0.05, 0) is 33.1 Å². The van der Waals surface area contributed by atoms with E-state index in [9.17, 15) is 4.79 Å². The number of Topliss-reactive ketones (excluding diaryl/α,β-unsaturated/α-hetero) is 1. The number of rotatable bonds is 6. The van der Waals surface area contributed by atoms with Crippen LogP contribution in [0.15, 0.2) is 0 Å². The normalized spacial score (nSPS) is 23.9. The van der Waals surface area contributed by atoms with Gasteiger partial charge in [-0.25, -0.2) is 0 Å². The number of carbonyl (C=O) groups is 1. The first-order valence-corrected chi connectivity index (χ1v) is 6.77. The number of ketones is 1. The Morgan fingerprint density at radius 1 is 1.47 bits per heavy atom. The van der Waals surface area contributed by atoms with Gasteiger partial charge in [0.05, 0.1) is 0 Å². The van der Waals surface area contributed by atoms with Crippen LogP contribution < -0.4 is 0 Å². The summed E-state index contributed by atoms with van der Waals surface area (Å²) >= 11 is 0. The lowest BCUT2D eigenvalue weighted by atomic mass is 9.89. The van der Waals surface area contributed by atoms with Crippen molar-refractivity contribution in [2.75, 3.05) is 19.7 Å². The fourth-order valence-electron chi connectivity index (χ4n) is 2.63. The van der Waals surface area contributed by atoms with E-state index in [1.54, 1.807) is 0 Å². The number of aliphatic hydroxyl groups excluding tert-OH is 1. The second kappa shape index (κ2) is 5.96. The van der Waals surface area contributed by atoms with Gasteiger partial charge in [0.1, 0.15) is 5.78 Å². The molecule has 0 bridgehead atoms. The Hall–Kier alpha value is -0.410. The van der Waals surface area contributed by atoms with Crippen molar-refractivity contribution in [3.8, 4) is 0 Å². The van der Waals surface area contributed by atoms with Gasteiger partial charge in [0.2, 0.25) is 0 Å². The fourth-order valence-corrected chi connectivity index (χ4v) is 2.63. The average Bonchev–Trinajstić information content (AvgIpc) is 2.50. The lowest BCUT2D eigenvalue weighted by Gasteiger charge is -2.29. The zero-order valence-electron chi connectivity index (χ0n) is 11.7. The van der Waals surface area contributed by atoms with E-state index >= 15 is 0 Å². The molecular weight excluding hydrogens is 214 g/mol. The first-order valence-electron chi connectivity index (χ1n) is 6.77. The number of hydrogen-bond acceptors (Lipinski definition) is 3. The standard InChI is InChI=1S/C14H27NO2/c1-11(2)15(8-5-9-16)10-12-6-7-14(3,4)13(12)17/h11-12,16H,5-10H2,1-4H3. The number of hydrogen-bond donors (Lipinski definition) is 1. The number of aliphatic hydroxyl groups is 1. The van der Waals surface area contributed by atoms with Crippen LogP contribution in [0, 0.1) is 11.3 Å². The summed E-state index contributed by atoms with van der Waals surface area (Å²) in [5.74, 6) is 0.623. The third-order valence-electron chi connectivity index (χ3n) is 3.94. The highest BCUT2D eigenvalue weighted by atomic mass is 16.3. The molecule has 1 N–H and O–H groups in total. The van der Waals surface area contributed by atoms with Crippen molar-refractivity contribution in [2.45, 2.75) is 53.0 Å². The molecule has 0 aromatic rings. The topological polar surface area (TPSA) is 40.5 Å². The maximum absolute atomic E-state index is 12.2. The average molecular weight is 241 g/mol. The van der Waals surface area contributed by atoms with E-state index in [0.717, 1.165) is 32.4 Å². The molecule has 0 aromatic carbocycles. The van der Waals surface area contributed by atoms with Gasteiger partial charge in [-0.1, -0.05) is 13.8 Å². The lowest BCUT2D eigenvalue weighted by Crippen LogP contribution is -2.38. The summed E-state index contributed by atoms with van der Waals surface area (Å²) in [5.41, 5.74) is -0.121. The smallest absolute Gasteiger partial charge is 0.142 e. The molecule has 0 aromatic heterocycles. The SMILES string of the molecule is CC(C)N(CCCO)CC1CCC(C)(C)C1=O. The maximum Gasteiger partial charge on any atom is 0.142 e. The van der Waals surface area contributed by atoms with Crippen molar-refractivity contribution in [1.29, 1.82) is 0 Å². The molecule has 3 nitrogen and oxygen atoms in total. The third-order valence-corrected chi connectivity index (χ3v) is 3.94. The van der Waals surface area contributed by atoms with E-state index in [1.807, 2.05) is 0 Å². The van der Waals surface area contributed by atoms with E-state index in [4.69, 9.17) is 5.11 Å².